The molecule has 0 aromatic rings. The van der Waals surface area contributed by atoms with Crippen molar-refractivity contribution in [1.29, 1.82) is 0 Å². The van der Waals surface area contributed by atoms with Gasteiger partial charge in [0.1, 0.15) is 0 Å². The lowest BCUT2D eigenvalue weighted by atomic mass is 9.99. The fourth-order valence-corrected chi connectivity index (χ4v) is 7.80. The minimum atomic E-state index is 0.0183. The van der Waals surface area contributed by atoms with Crippen LogP contribution in [0.5, 0.6) is 0 Å². The van der Waals surface area contributed by atoms with Crippen molar-refractivity contribution >= 4 is 5.97 Å². The molecule has 53 heavy (non-hydrogen) atoms. The van der Waals surface area contributed by atoms with E-state index in [9.17, 15) is 4.79 Å². The predicted octanol–water partition coefficient (Wildman–Crippen LogP) is 18.5. The van der Waals surface area contributed by atoms with Gasteiger partial charge in [0, 0.05) is 6.42 Å². The number of carbonyl (C=O) groups is 1. The van der Waals surface area contributed by atoms with Crippen molar-refractivity contribution < 1.29 is 9.53 Å². The molecule has 0 rings (SSSR count). The SMILES string of the molecule is CCCCC=CCCCCCCCC(=O)OCCCCCCCCCCCCCCCCCCCCCCCCCCCCCCCCCC(C)CC. The second kappa shape index (κ2) is 47.4. The summed E-state index contributed by atoms with van der Waals surface area (Å²) >= 11 is 0. The van der Waals surface area contributed by atoms with Crippen LogP contribution in [0.2, 0.25) is 0 Å². The lowest BCUT2D eigenvalue weighted by Gasteiger charge is -2.07. The van der Waals surface area contributed by atoms with E-state index in [4.69, 9.17) is 4.74 Å². The smallest absolute Gasteiger partial charge is 0.305 e. The number of hydrogen-bond acceptors (Lipinski definition) is 2. The third-order valence-electron chi connectivity index (χ3n) is 11.9. The molecule has 2 nitrogen and oxygen atoms in total. The summed E-state index contributed by atoms with van der Waals surface area (Å²) in [6.45, 7) is 7.60. The molecule has 0 radical (unpaired) electrons. The van der Waals surface area contributed by atoms with E-state index in [0.29, 0.717) is 13.0 Å². The number of esters is 1. The van der Waals surface area contributed by atoms with Gasteiger partial charge in [0.15, 0.2) is 0 Å². The quantitative estimate of drug-likeness (QED) is 0.0352. The third kappa shape index (κ3) is 47.3. The number of ether oxygens (including phenoxy) is 1. The van der Waals surface area contributed by atoms with E-state index in [1.54, 1.807) is 0 Å². The fourth-order valence-electron chi connectivity index (χ4n) is 7.80. The van der Waals surface area contributed by atoms with Crippen LogP contribution in [0.4, 0.5) is 0 Å². The lowest BCUT2D eigenvalue weighted by Crippen LogP contribution is -2.05. The summed E-state index contributed by atoms with van der Waals surface area (Å²) in [5.74, 6) is 0.958. The number of hydrogen-bond donors (Lipinski definition) is 0. The van der Waals surface area contributed by atoms with Crippen molar-refractivity contribution in [2.75, 3.05) is 6.61 Å². The first-order valence-corrected chi connectivity index (χ1v) is 25.0. The number of allylic oxidation sites excluding steroid dienone is 2. The van der Waals surface area contributed by atoms with Crippen molar-refractivity contribution in [2.24, 2.45) is 5.92 Å². The molecule has 316 valence electrons. The van der Waals surface area contributed by atoms with E-state index < -0.39 is 0 Å². The Hall–Kier alpha value is -0.790. The summed E-state index contributed by atoms with van der Waals surface area (Å²) in [6.07, 6.45) is 63.5. The molecule has 0 saturated heterocycles. The van der Waals surface area contributed by atoms with Gasteiger partial charge in [0.05, 0.1) is 6.61 Å². The molecule has 0 bridgehead atoms. The van der Waals surface area contributed by atoms with Crippen molar-refractivity contribution in [1.82, 2.24) is 0 Å². The van der Waals surface area contributed by atoms with Crippen LogP contribution >= 0.6 is 0 Å². The zero-order chi connectivity index (χ0) is 38.4. The second-order valence-electron chi connectivity index (χ2n) is 17.4. The Morgan fingerprint density at radius 2 is 0.698 bits per heavy atom. The average Bonchev–Trinajstić information content (AvgIpc) is 3.16. The van der Waals surface area contributed by atoms with Crippen molar-refractivity contribution in [3.63, 3.8) is 0 Å². The molecule has 0 amide bonds. The van der Waals surface area contributed by atoms with Gasteiger partial charge in [-0.2, -0.15) is 0 Å². The van der Waals surface area contributed by atoms with Gasteiger partial charge in [0.2, 0.25) is 0 Å². The highest BCUT2D eigenvalue weighted by atomic mass is 16.5. The summed E-state index contributed by atoms with van der Waals surface area (Å²) in [4.78, 5) is 12.0. The highest BCUT2D eigenvalue weighted by Gasteiger charge is 2.03. The number of unbranched alkanes of at least 4 members (excludes halogenated alkanes) is 37. The third-order valence-corrected chi connectivity index (χ3v) is 11.9. The molecule has 0 aliphatic rings. The van der Waals surface area contributed by atoms with Crippen LogP contribution in [0.25, 0.3) is 0 Å². The van der Waals surface area contributed by atoms with E-state index in [1.807, 2.05) is 0 Å². The van der Waals surface area contributed by atoms with E-state index in [1.165, 1.54) is 250 Å². The summed E-state index contributed by atoms with van der Waals surface area (Å²) in [7, 11) is 0. The van der Waals surface area contributed by atoms with Crippen molar-refractivity contribution in [3.8, 4) is 0 Å². The molecular weight excluding hydrogens is 645 g/mol. The first-order chi connectivity index (χ1) is 26.2. The second-order valence-corrected chi connectivity index (χ2v) is 17.4. The van der Waals surface area contributed by atoms with Gasteiger partial charge in [-0.1, -0.05) is 270 Å². The lowest BCUT2D eigenvalue weighted by molar-refractivity contribution is -0.143. The largest absolute Gasteiger partial charge is 0.466 e. The molecular formula is C51H100O2. The van der Waals surface area contributed by atoms with Crippen LogP contribution < -0.4 is 0 Å². The van der Waals surface area contributed by atoms with Gasteiger partial charge in [-0.3, -0.25) is 4.79 Å². The van der Waals surface area contributed by atoms with Crippen molar-refractivity contribution in [2.45, 2.75) is 297 Å². The number of rotatable bonds is 46. The molecule has 0 spiro atoms. The Morgan fingerprint density at radius 3 is 1.06 bits per heavy atom. The van der Waals surface area contributed by atoms with Crippen LogP contribution in [0, 0.1) is 5.92 Å². The molecule has 0 heterocycles. The van der Waals surface area contributed by atoms with Crippen LogP contribution in [0.3, 0.4) is 0 Å². The maximum atomic E-state index is 12.0. The summed E-state index contributed by atoms with van der Waals surface area (Å²) in [6, 6.07) is 0. The molecule has 0 N–H and O–H groups in total. The van der Waals surface area contributed by atoms with Crippen molar-refractivity contribution in [3.05, 3.63) is 12.2 Å². The van der Waals surface area contributed by atoms with Gasteiger partial charge in [0.25, 0.3) is 0 Å². The molecule has 0 aromatic heterocycles. The Kier molecular flexibility index (Phi) is 46.7. The maximum absolute atomic E-state index is 12.0. The normalized spacial score (nSPS) is 12.3. The zero-order valence-electron chi connectivity index (χ0n) is 37.2. The molecule has 2 heteroatoms. The molecule has 0 aliphatic heterocycles. The summed E-state index contributed by atoms with van der Waals surface area (Å²) in [5.41, 5.74) is 0. The Morgan fingerprint density at radius 1 is 0.396 bits per heavy atom. The minimum Gasteiger partial charge on any atom is -0.466 e. The van der Waals surface area contributed by atoms with Crippen LogP contribution in [0.15, 0.2) is 12.2 Å². The first kappa shape index (κ1) is 52.2. The zero-order valence-corrected chi connectivity index (χ0v) is 37.2. The minimum absolute atomic E-state index is 0.0183. The Balaban J connectivity index is 3.13. The van der Waals surface area contributed by atoms with Gasteiger partial charge in [-0.25, -0.2) is 0 Å². The first-order valence-electron chi connectivity index (χ1n) is 25.0. The van der Waals surface area contributed by atoms with E-state index in [-0.39, 0.29) is 5.97 Å². The standard InChI is InChI=1S/C51H100O2/c1-4-6-7-8-9-10-32-36-39-42-45-48-51(52)53-49-46-43-40-37-34-31-29-27-25-23-21-19-17-15-13-11-12-14-16-18-20-22-24-26-28-30-33-35-38-41-44-47-50(3)5-2/h8-9,50H,4-7,10-49H2,1-3H3. The fraction of sp³-hybridized carbons (Fsp3) is 0.941. The van der Waals surface area contributed by atoms with E-state index in [0.717, 1.165) is 25.2 Å². The Bertz CT molecular complexity index is 698. The van der Waals surface area contributed by atoms with Gasteiger partial charge < -0.3 is 4.74 Å². The van der Waals surface area contributed by atoms with Crippen LogP contribution in [0.1, 0.15) is 297 Å². The molecule has 0 fully saturated rings. The Labute approximate surface area is 336 Å². The van der Waals surface area contributed by atoms with E-state index >= 15 is 0 Å². The van der Waals surface area contributed by atoms with Gasteiger partial charge in [-0.15, -0.1) is 0 Å². The van der Waals surface area contributed by atoms with Gasteiger partial charge >= 0.3 is 5.97 Å². The topological polar surface area (TPSA) is 26.3 Å². The molecule has 1 atom stereocenters. The molecule has 1 unspecified atom stereocenters. The summed E-state index contributed by atoms with van der Waals surface area (Å²) in [5, 5.41) is 0. The average molecular weight is 745 g/mol. The highest BCUT2D eigenvalue weighted by molar-refractivity contribution is 5.69. The number of carbonyl (C=O) groups excluding carboxylic acids is 1. The predicted molar refractivity (Wildman–Crippen MR) is 239 cm³/mol. The van der Waals surface area contributed by atoms with Gasteiger partial charge in [-0.05, 0) is 38.0 Å². The molecule has 0 saturated carbocycles. The van der Waals surface area contributed by atoms with Crippen LogP contribution in [-0.2, 0) is 9.53 Å². The molecule has 0 aromatic carbocycles. The van der Waals surface area contributed by atoms with E-state index in [2.05, 4.69) is 32.9 Å². The van der Waals surface area contributed by atoms with Crippen LogP contribution in [-0.4, -0.2) is 12.6 Å². The molecule has 0 aliphatic carbocycles. The summed E-state index contributed by atoms with van der Waals surface area (Å²) < 4.78 is 5.46. The monoisotopic (exact) mass is 745 g/mol. The maximum Gasteiger partial charge on any atom is 0.305 e. The highest BCUT2D eigenvalue weighted by Crippen LogP contribution is 2.18.